The Labute approximate surface area is 181 Å². The van der Waals surface area contributed by atoms with E-state index in [-0.39, 0.29) is 11.9 Å². The van der Waals surface area contributed by atoms with E-state index in [1.807, 2.05) is 18.2 Å². The highest BCUT2D eigenvalue weighted by molar-refractivity contribution is 7.18. The highest BCUT2D eigenvalue weighted by atomic mass is 32.1. The SMILES string of the molecule is O=C(CN1CCCC[C@H]1c1nc2ccccc2s1)Nc1ccc(N2CCCC2)cc1. The summed E-state index contributed by atoms with van der Waals surface area (Å²) in [6.07, 6.45) is 5.93. The Morgan fingerprint density at radius 3 is 2.57 bits per heavy atom. The second-order valence-electron chi connectivity index (χ2n) is 8.29. The van der Waals surface area contributed by atoms with Crippen LogP contribution in [-0.4, -0.2) is 42.0 Å². The number of piperidine rings is 1. The number of nitrogens with zero attached hydrogens (tertiary/aromatic N) is 3. The molecule has 5 rings (SSSR count). The molecule has 2 aliphatic rings. The summed E-state index contributed by atoms with van der Waals surface area (Å²) in [6.45, 7) is 3.62. The molecule has 1 amide bonds. The first-order valence-electron chi connectivity index (χ1n) is 11.0. The van der Waals surface area contributed by atoms with Gasteiger partial charge in [-0.15, -0.1) is 11.3 Å². The van der Waals surface area contributed by atoms with Crippen LogP contribution in [0, 0.1) is 0 Å². The molecule has 1 N–H and O–H groups in total. The zero-order chi connectivity index (χ0) is 20.3. The molecule has 1 aromatic heterocycles. The highest BCUT2D eigenvalue weighted by Crippen LogP contribution is 2.35. The molecule has 2 saturated heterocycles. The van der Waals surface area contributed by atoms with Gasteiger partial charge in [0.05, 0.1) is 22.8 Å². The summed E-state index contributed by atoms with van der Waals surface area (Å²) < 4.78 is 1.22. The van der Waals surface area contributed by atoms with Crippen molar-refractivity contribution in [3.05, 3.63) is 53.5 Å². The molecular formula is C24H28N4OS. The van der Waals surface area contributed by atoms with Crippen LogP contribution >= 0.6 is 11.3 Å². The van der Waals surface area contributed by atoms with Crippen LogP contribution in [0.1, 0.15) is 43.2 Å². The van der Waals surface area contributed by atoms with Gasteiger partial charge in [-0.25, -0.2) is 4.98 Å². The van der Waals surface area contributed by atoms with Crippen LogP contribution in [0.3, 0.4) is 0 Å². The quantitative estimate of drug-likeness (QED) is 0.627. The zero-order valence-corrected chi connectivity index (χ0v) is 18.0. The maximum atomic E-state index is 12.8. The van der Waals surface area contributed by atoms with Crippen molar-refractivity contribution in [1.82, 2.24) is 9.88 Å². The number of aromatic nitrogens is 1. The van der Waals surface area contributed by atoms with Crippen molar-refractivity contribution in [3.63, 3.8) is 0 Å². The van der Waals surface area contributed by atoms with Gasteiger partial charge in [-0.2, -0.15) is 0 Å². The first-order valence-corrected chi connectivity index (χ1v) is 11.8. The third kappa shape index (κ3) is 4.20. The number of amides is 1. The van der Waals surface area contributed by atoms with Crippen LogP contribution in [0.15, 0.2) is 48.5 Å². The lowest BCUT2D eigenvalue weighted by Gasteiger charge is -2.33. The molecular weight excluding hydrogens is 392 g/mol. The molecule has 2 aromatic carbocycles. The minimum Gasteiger partial charge on any atom is -0.372 e. The summed E-state index contributed by atoms with van der Waals surface area (Å²) in [5.41, 5.74) is 3.18. The summed E-state index contributed by atoms with van der Waals surface area (Å²) in [6, 6.07) is 16.8. The lowest BCUT2D eigenvalue weighted by atomic mass is 10.0. The monoisotopic (exact) mass is 420 g/mol. The number of anilines is 2. The first kappa shape index (κ1) is 19.5. The number of hydrogen-bond acceptors (Lipinski definition) is 5. The number of carbonyl (C=O) groups excluding carboxylic acids is 1. The van der Waals surface area contributed by atoms with Crippen molar-refractivity contribution >= 4 is 38.8 Å². The number of likely N-dealkylation sites (tertiary alicyclic amines) is 1. The average Bonchev–Trinajstić information content (AvgIpc) is 3.45. The molecule has 156 valence electrons. The fourth-order valence-electron chi connectivity index (χ4n) is 4.61. The van der Waals surface area contributed by atoms with Gasteiger partial charge < -0.3 is 10.2 Å². The molecule has 5 nitrogen and oxygen atoms in total. The lowest BCUT2D eigenvalue weighted by Crippen LogP contribution is -2.39. The molecule has 0 aliphatic carbocycles. The van der Waals surface area contributed by atoms with Crippen LogP contribution in [0.2, 0.25) is 0 Å². The lowest BCUT2D eigenvalue weighted by molar-refractivity contribution is -0.118. The number of fused-ring (bicyclic) bond motifs is 1. The second-order valence-corrected chi connectivity index (χ2v) is 9.35. The van der Waals surface area contributed by atoms with E-state index in [1.54, 1.807) is 11.3 Å². The first-order chi connectivity index (χ1) is 14.8. The number of carbonyl (C=O) groups is 1. The molecule has 0 radical (unpaired) electrons. The summed E-state index contributed by atoms with van der Waals surface area (Å²) in [5, 5.41) is 4.23. The predicted octanol–water partition coefficient (Wildman–Crippen LogP) is 5.06. The average molecular weight is 421 g/mol. The normalized spacial score (nSPS) is 20.0. The van der Waals surface area contributed by atoms with E-state index in [4.69, 9.17) is 4.98 Å². The number of benzene rings is 2. The number of nitrogens with one attached hydrogen (secondary N) is 1. The third-order valence-electron chi connectivity index (χ3n) is 6.18. The molecule has 30 heavy (non-hydrogen) atoms. The van der Waals surface area contributed by atoms with Gasteiger partial charge in [0.15, 0.2) is 0 Å². The minimum absolute atomic E-state index is 0.0527. The maximum Gasteiger partial charge on any atom is 0.238 e. The summed E-state index contributed by atoms with van der Waals surface area (Å²) in [7, 11) is 0. The minimum atomic E-state index is 0.0527. The van der Waals surface area contributed by atoms with Crippen LogP contribution in [0.25, 0.3) is 10.2 Å². The smallest absolute Gasteiger partial charge is 0.238 e. The van der Waals surface area contributed by atoms with Crippen molar-refractivity contribution in [1.29, 1.82) is 0 Å². The Balaban J connectivity index is 1.24. The maximum absolute atomic E-state index is 12.8. The van der Waals surface area contributed by atoms with E-state index >= 15 is 0 Å². The van der Waals surface area contributed by atoms with Gasteiger partial charge in [0.2, 0.25) is 5.91 Å². The van der Waals surface area contributed by atoms with Gasteiger partial charge in [-0.3, -0.25) is 9.69 Å². The van der Waals surface area contributed by atoms with E-state index in [1.165, 1.54) is 29.6 Å². The number of rotatable bonds is 5. The highest BCUT2D eigenvalue weighted by Gasteiger charge is 2.28. The summed E-state index contributed by atoms with van der Waals surface area (Å²) in [5.74, 6) is 0.0527. The zero-order valence-electron chi connectivity index (χ0n) is 17.2. The van der Waals surface area contributed by atoms with Gasteiger partial charge in [0.25, 0.3) is 0 Å². The molecule has 2 aliphatic heterocycles. The summed E-state index contributed by atoms with van der Waals surface area (Å²) >= 11 is 1.76. The van der Waals surface area contributed by atoms with Crippen LogP contribution in [0.4, 0.5) is 11.4 Å². The van der Waals surface area contributed by atoms with Crippen LogP contribution in [0.5, 0.6) is 0 Å². The van der Waals surface area contributed by atoms with Crippen molar-refractivity contribution < 1.29 is 4.79 Å². The van der Waals surface area contributed by atoms with Crippen molar-refractivity contribution in [2.45, 2.75) is 38.1 Å². The van der Waals surface area contributed by atoms with Gasteiger partial charge in [-0.1, -0.05) is 18.6 Å². The van der Waals surface area contributed by atoms with E-state index in [0.29, 0.717) is 6.54 Å². The Hall–Kier alpha value is -2.44. The molecule has 0 saturated carbocycles. The van der Waals surface area contributed by atoms with Crippen LogP contribution in [-0.2, 0) is 4.79 Å². The van der Waals surface area contributed by atoms with E-state index < -0.39 is 0 Å². The van der Waals surface area contributed by atoms with Crippen LogP contribution < -0.4 is 10.2 Å². The van der Waals surface area contributed by atoms with Gasteiger partial charge in [-0.05, 0) is 68.6 Å². The van der Waals surface area contributed by atoms with E-state index in [9.17, 15) is 4.79 Å². The van der Waals surface area contributed by atoms with Crippen molar-refractivity contribution in [2.75, 3.05) is 36.4 Å². The van der Waals surface area contributed by atoms with Crippen molar-refractivity contribution in [3.8, 4) is 0 Å². The molecule has 3 heterocycles. The largest absolute Gasteiger partial charge is 0.372 e. The van der Waals surface area contributed by atoms with Gasteiger partial charge in [0.1, 0.15) is 5.01 Å². The topological polar surface area (TPSA) is 48.5 Å². The van der Waals surface area contributed by atoms with E-state index in [0.717, 1.165) is 48.7 Å². The number of thiazole rings is 1. The Morgan fingerprint density at radius 2 is 1.77 bits per heavy atom. The Bertz CT molecular complexity index is 976. The molecule has 2 fully saturated rings. The molecule has 3 aromatic rings. The van der Waals surface area contributed by atoms with Gasteiger partial charge >= 0.3 is 0 Å². The van der Waals surface area contributed by atoms with Gasteiger partial charge in [0, 0.05) is 24.5 Å². The molecule has 6 heteroatoms. The standard InChI is InChI=1S/C24H28N4OS/c29-23(25-18-10-12-19(13-11-18)27-14-5-6-15-27)17-28-16-4-3-8-21(28)24-26-20-7-1-2-9-22(20)30-24/h1-2,7,9-13,21H,3-6,8,14-17H2,(H,25,29)/t21-/m0/s1. The van der Waals surface area contributed by atoms with E-state index in [2.05, 4.69) is 45.4 Å². The fraction of sp³-hybridized carbons (Fsp3) is 0.417. The Kier molecular flexibility index (Phi) is 5.69. The molecule has 0 bridgehead atoms. The molecule has 1 atom stereocenters. The number of para-hydroxylation sites is 1. The Morgan fingerprint density at radius 1 is 1.00 bits per heavy atom. The summed E-state index contributed by atoms with van der Waals surface area (Å²) in [4.78, 5) is 22.4. The molecule has 0 unspecified atom stereocenters. The second kappa shape index (κ2) is 8.74. The number of hydrogen-bond donors (Lipinski definition) is 1. The molecule has 0 spiro atoms. The predicted molar refractivity (Wildman–Crippen MR) is 124 cm³/mol. The fourth-order valence-corrected chi connectivity index (χ4v) is 5.75. The third-order valence-corrected chi connectivity index (χ3v) is 7.32. The van der Waals surface area contributed by atoms with Crippen molar-refractivity contribution in [2.24, 2.45) is 0 Å².